The molecule has 38 heavy (non-hydrogen) atoms. The van der Waals surface area contributed by atoms with Crippen molar-refractivity contribution < 1.29 is 34.2 Å². The quantitative estimate of drug-likeness (QED) is 0.0931. The number of aliphatic carboxylic acids is 2. The number of H-pyrrole nitrogens is 1. The van der Waals surface area contributed by atoms with Crippen molar-refractivity contribution in [3.05, 3.63) is 36.0 Å². The van der Waals surface area contributed by atoms with E-state index in [1.165, 1.54) is 0 Å². The number of nitrogens with one attached hydrogen (secondary N) is 4. The third kappa shape index (κ3) is 9.04. The first-order chi connectivity index (χ1) is 18.1. The molecule has 1 aromatic carbocycles. The lowest BCUT2D eigenvalue weighted by molar-refractivity contribution is -0.143. The van der Waals surface area contributed by atoms with Crippen molar-refractivity contribution in [2.24, 2.45) is 11.5 Å². The Hall–Kier alpha value is -3.62. The van der Waals surface area contributed by atoms with Crippen molar-refractivity contribution in [3.8, 4) is 0 Å². The number of unbranched alkanes of at least 4 members (excludes halogenated alkanes) is 1. The Balaban J connectivity index is 2.31. The SMILES string of the molecule is NCCCCC(NC(=O)C(Cc1c[nH]c2ccccc12)NC(=O)C(CC(=O)O)NC(=O)C(N)CS)C(=O)O. The Bertz CT molecular complexity index is 1140. The molecule has 13 nitrogen and oxygen atoms in total. The minimum absolute atomic E-state index is 0.0411. The number of thiol groups is 1. The van der Waals surface area contributed by atoms with Gasteiger partial charge in [-0.25, -0.2) is 4.79 Å². The summed E-state index contributed by atoms with van der Waals surface area (Å²) in [5.41, 5.74) is 12.5. The standard InChI is InChI=1S/C24H34N6O7S/c25-8-4-3-7-17(24(36)37)28-22(34)18(9-13-11-27-16-6-2-1-5-14(13)16)30-23(35)19(10-20(31)32)29-21(33)15(26)12-38/h1-2,5-6,11,15,17-19,27,38H,3-4,7-10,12,25-26H2,(H,28,34)(H,29,33)(H,30,35)(H,31,32)(H,36,37). The van der Waals surface area contributed by atoms with Crippen LogP contribution < -0.4 is 27.4 Å². The highest BCUT2D eigenvalue weighted by atomic mass is 32.1. The Kier molecular flexibility index (Phi) is 12.0. The number of amides is 3. The first kappa shape index (κ1) is 30.6. The number of fused-ring (bicyclic) bond motifs is 1. The number of hydrogen-bond acceptors (Lipinski definition) is 8. The van der Waals surface area contributed by atoms with E-state index < -0.39 is 60.2 Å². The minimum Gasteiger partial charge on any atom is -0.481 e. The summed E-state index contributed by atoms with van der Waals surface area (Å²) < 4.78 is 0. The number of aromatic nitrogens is 1. The highest BCUT2D eigenvalue weighted by molar-refractivity contribution is 7.80. The van der Waals surface area contributed by atoms with Crippen LogP contribution in [0.4, 0.5) is 0 Å². The fraction of sp³-hybridized carbons (Fsp3) is 0.458. The van der Waals surface area contributed by atoms with Crippen LogP contribution in [0.5, 0.6) is 0 Å². The maximum absolute atomic E-state index is 13.3. The Morgan fingerprint density at radius 3 is 2.18 bits per heavy atom. The Labute approximate surface area is 224 Å². The zero-order valence-corrected chi connectivity index (χ0v) is 21.6. The molecular weight excluding hydrogens is 516 g/mol. The molecule has 0 fully saturated rings. The van der Waals surface area contributed by atoms with E-state index in [0.29, 0.717) is 24.9 Å². The van der Waals surface area contributed by atoms with Crippen LogP contribution in [0.15, 0.2) is 30.5 Å². The highest BCUT2D eigenvalue weighted by Crippen LogP contribution is 2.19. The lowest BCUT2D eigenvalue weighted by Gasteiger charge is -2.24. The zero-order chi connectivity index (χ0) is 28.2. The number of rotatable bonds is 16. The van der Waals surface area contributed by atoms with E-state index in [1.54, 1.807) is 12.3 Å². The number of benzene rings is 1. The summed E-state index contributed by atoms with van der Waals surface area (Å²) in [7, 11) is 0. The molecule has 0 bridgehead atoms. The van der Waals surface area contributed by atoms with Gasteiger partial charge in [-0.15, -0.1) is 0 Å². The van der Waals surface area contributed by atoms with Crippen LogP contribution in [-0.2, 0) is 30.4 Å². The molecule has 0 spiro atoms. The lowest BCUT2D eigenvalue weighted by Crippen LogP contribution is -2.58. The van der Waals surface area contributed by atoms with Crippen LogP contribution >= 0.6 is 12.6 Å². The Morgan fingerprint density at radius 2 is 1.55 bits per heavy atom. The van der Waals surface area contributed by atoms with Gasteiger partial charge < -0.3 is 42.6 Å². The molecule has 1 heterocycles. The molecule has 0 aliphatic heterocycles. The van der Waals surface area contributed by atoms with Gasteiger partial charge in [0.1, 0.15) is 18.1 Å². The maximum atomic E-state index is 13.3. The van der Waals surface area contributed by atoms with Gasteiger partial charge in [0, 0.05) is 29.3 Å². The molecule has 2 aromatic rings. The van der Waals surface area contributed by atoms with Gasteiger partial charge in [-0.05, 0) is 37.4 Å². The van der Waals surface area contributed by atoms with Gasteiger partial charge in [0.05, 0.1) is 12.5 Å². The lowest BCUT2D eigenvalue weighted by atomic mass is 10.0. The van der Waals surface area contributed by atoms with E-state index in [4.69, 9.17) is 11.5 Å². The second-order valence-corrected chi connectivity index (χ2v) is 9.12. The van der Waals surface area contributed by atoms with Crippen molar-refractivity contribution >= 4 is 53.2 Å². The predicted molar refractivity (Wildman–Crippen MR) is 142 cm³/mol. The first-order valence-electron chi connectivity index (χ1n) is 12.0. The smallest absolute Gasteiger partial charge is 0.326 e. The number of carboxylic acids is 2. The molecular formula is C24H34N6O7S. The minimum atomic E-state index is -1.54. The average molecular weight is 551 g/mol. The predicted octanol–water partition coefficient (Wildman–Crippen LogP) is -0.890. The highest BCUT2D eigenvalue weighted by Gasteiger charge is 2.31. The molecule has 0 aliphatic rings. The van der Waals surface area contributed by atoms with Crippen molar-refractivity contribution in [2.45, 2.75) is 56.3 Å². The summed E-state index contributed by atoms with van der Waals surface area (Å²) in [4.78, 5) is 64.7. The van der Waals surface area contributed by atoms with Crippen molar-refractivity contribution in [1.29, 1.82) is 0 Å². The third-order valence-corrected chi connectivity index (χ3v) is 6.23. The Morgan fingerprint density at radius 1 is 0.921 bits per heavy atom. The molecule has 3 amide bonds. The number of hydrogen-bond donors (Lipinski definition) is 9. The maximum Gasteiger partial charge on any atom is 0.326 e. The zero-order valence-electron chi connectivity index (χ0n) is 20.7. The van der Waals surface area contributed by atoms with E-state index in [0.717, 1.165) is 10.9 Å². The van der Waals surface area contributed by atoms with Crippen LogP contribution in [0, 0.1) is 0 Å². The van der Waals surface area contributed by atoms with Gasteiger partial charge >= 0.3 is 11.9 Å². The fourth-order valence-electron chi connectivity index (χ4n) is 3.77. The summed E-state index contributed by atoms with van der Waals surface area (Å²) in [5, 5.41) is 26.8. The van der Waals surface area contributed by atoms with Crippen LogP contribution in [-0.4, -0.2) is 81.3 Å². The normalized spacial score (nSPS) is 14.2. The first-order valence-corrected chi connectivity index (χ1v) is 12.7. The van der Waals surface area contributed by atoms with E-state index in [1.807, 2.05) is 18.2 Å². The van der Waals surface area contributed by atoms with E-state index >= 15 is 0 Å². The summed E-state index contributed by atoms with van der Waals surface area (Å²) >= 11 is 3.93. The second-order valence-electron chi connectivity index (χ2n) is 8.76. The second kappa shape index (κ2) is 15.0. The fourth-order valence-corrected chi connectivity index (χ4v) is 3.94. The number of carbonyl (C=O) groups is 5. The topological polar surface area (TPSA) is 230 Å². The van der Waals surface area contributed by atoms with Crippen molar-refractivity contribution in [1.82, 2.24) is 20.9 Å². The summed E-state index contributed by atoms with van der Waals surface area (Å²) in [6.45, 7) is 0.368. The van der Waals surface area contributed by atoms with Gasteiger partial charge in [0.25, 0.3) is 0 Å². The average Bonchev–Trinajstić information content (AvgIpc) is 3.29. The van der Waals surface area contributed by atoms with Crippen LogP contribution in [0.25, 0.3) is 10.9 Å². The molecule has 14 heteroatoms. The van der Waals surface area contributed by atoms with E-state index in [9.17, 15) is 34.2 Å². The van der Waals surface area contributed by atoms with Gasteiger partial charge in [0.15, 0.2) is 0 Å². The number of aromatic amines is 1. The van der Waals surface area contributed by atoms with E-state index in [-0.39, 0.29) is 18.6 Å². The van der Waals surface area contributed by atoms with Gasteiger partial charge in [0.2, 0.25) is 17.7 Å². The number of carboxylic acid groups (broad SMARTS) is 2. The molecule has 10 N–H and O–H groups in total. The molecule has 4 atom stereocenters. The van der Waals surface area contributed by atoms with E-state index in [2.05, 4.69) is 33.6 Å². The largest absolute Gasteiger partial charge is 0.481 e. The van der Waals surface area contributed by atoms with Gasteiger partial charge in [-0.2, -0.15) is 12.6 Å². The molecule has 0 saturated heterocycles. The van der Waals surface area contributed by atoms with Crippen molar-refractivity contribution in [2.75, 3.05) is 12.3 Å². The van der Waals surface area contributed by atoms with Gasteiger partial charge in [-0.1, -0.05) is 18.2 Å². The van der Waals surface area contributed by atoms with Gasteiger partial charge in [-0.3, -0.25) is 19.2 Å². The monoisotopic (exact) mass is 550 g/mol. The number of nitrogens with two attached hydrogens (primary N) is 2. The summed E-state index contributed by atoms with van der Waals surface area (Å²) in [6, 6.07) is 2.13. The third-order valence-electron chi connectivity index (χ3n) is 5.84. The van der Waals surface area contributed by atoms with Crippen LogP contribution in [0.2, 0.25) is 0 Å². The summed E-state index contributed by atoms with van der Waals surface area (Å²) in [5.74, 6) is -5.17. The molecule has 208 valence electrons. The van der Waals surface area contributed by atoms with Crippen LogP contribution in [0.3, 0.4) is 0 Å². The molecule has 0 saturated carbocycles. The molecule has 2 rings (SSSR count). The van der Waals surface area contributed by atoms with Crippen LogP contribution in [0.1, 0.15) is 31.2 Å². The summed E-state index contributed by atoms with van der Waals surface area (Å²) in [6.07, 6.45) is 2.02. The molecule has 1 aromatic heterocycles. The molecule has 0 radical (unpaired) electrons. The molecule has 0 aliphatic carbocycles. The molecule has 4 unspecified atom stereocenters. The number of para-hydroxylation sites is 1. The number of carbonyl (C=O) groups excluding carboxylic acids is 3. The van der Waals surface area contributed by atoms with Crippen molar-refractivity contribution in [3.63, 3.8) is 0 Å².